The Hall–Kier alpha value is -1.56. The molecule has 0 heterocycles. The summed E-state index contributed by atoms with van der Waals surface area (Å²) in [4.78, 5) is 0. The van der Waals surface area contributed by atoms with Gasteiger partial charge in [0.05, 0.1) is 0 Å². The minimum absolute atomic E-state index is 0. The van der Waals surface area contributed by atoms with Gasteiger partial charge in [0, 0.05) is 0 Å². The van der Waals surface area contributed by atoms with Crippen LogP contribution in [0.4, 0.5) is 0 Å². The zero-order chi connectivity index (χ0) is 24.2. The third-order valence-electron chi connectivity index (χ3n) is 1.33. The molecule has 0 aliphatic rings. The second-order valence-electron chi connectivity index (χ2n) is 9.02. The Morgan fingerprint density at radius 2 is 0.400 bits per heavy atom. The fraction of sp³-hybridized carbons (Fsp3) is 0.600. The van der Waals surface area contributed by atoms with Crippen molar-refractivity contribution in [2.24, 2.45) is 10.8 Å². The molecule has 0 bridgehead atoms. The first-order valence-corrected chi connectivity index (χ1v) is 11.4. The molecule has 0 fully saturated rings. The van der Waals surface area contributed by atoms with Gasteiger partial charge in [0.1, 0.15) is 0 Å². The zero-order valence-corrected chi connectivity index (χ0v) is 22.6. The molecule has 0 aromatic heterocycles. The lowest BCUT2D eigenvalue weighted by atomic mass is 10.0. The van der Waals surface area contributed by atoms with Gasteiger partial charge in [-0.15, -0.1) is 0 Å². The van der Waals surface area contributed by atoms with E-state index in [0.29, 0.717) is 10.8 Å². The van der Waals surface area contributed by atoms with Crippen LogP contribution in [0.5, 0.6) is 0 Å². The second-order valence-corrected chi connectivity index (χ2v) is 9.02. The first-order valence-electron chi connectivity index (χ1n) is 11.4. The lowest BCUT2D eigenvalue weighted by Gasteiger charge is -2.05. The second kappa shape index (κ2) is 34.9. The molecule has 0 aliphatic carbocycles. The molecule has 0 saturated carbocycles. The van der Waals surface area contributed by atoms with Crippen LogP contribution >= 0.6 is 0 Å². The summed E-state index contributed by atoms with van der Waals surface area (Å²) < 4.78 is 0. The summed E-state index contributed by atoms with van der Waals surface area (Å²) in [6.45, 7) is 29.8. The highest BCUT2D eigenvalue weighted by Gasteiger charge is 1.96. The minimum atomic E-state index is 0. The standard InChI is InChI=1S/2C6H6.2C5H12.C3H8.2C2H6.CH4/c2*1-2-4-6-5-3-1;2*1-5(2,3)4;1-3-2;2*1-2;/h2*1-6H;2*1-4H3;3H2,1-2H3;2*1-2H3;1H4. The van der Waals surface area contributed by atoms with Crippen LogP contribution in [0.1, 0.15) is 111 Å². The van der Waals surface area contributed by atoms with Gasteiger partial charge in [-0.05, 0) is 10.8 Å². The van der Waals surface area contributed by atoms with E-state index in [4.69, 9.17) is 0 Å². The van der Waals surface area contributed by atoms with Crippen LogP contribution in [-0.4, -0.2) is 0 Å². The molecule has 0 saturated heterocycles. The first-order chi connectivity index (χ1) is 13.4. The summed E-state index contributed by atoms with van der Waals surface area (Å²) in [7, 11) is 0. The summed E-state index contributed by atoms with van der Waals surface area (Å²) in [5, 5.41) is 0. The van der Waals surface area contributed by atoms with E-state index in [1.165, 1.54) is 6.42 Å². The Kier molecular flexibility index (Phi) is 49.5. The van der Waals surface area contributed by atoms with E-state index >= 15 is 0 Å². The molecule has 0 unspecified atom stereocenters. The number of rotatable bonds is 0. The van der Waals surface area contributed by atoms with Crippen molar-refractivity contribution < 1.29 is 0 Å². The van der Waals surface area contributed by atoms with Crippen LogP contribution < -0.4 is 0 Å². The van der Waals surface area contributed by atoms with Crippen molar-refractivity contribution in [1.82, 2.24) is 0 Å². The lowest BCUT2D eigenvalue weighted by molar-refractivity contribution is 0.469. The number of hydrogen-bond donors (Lipinski definition) is 0. The van der Waals surface area contributed by atoms with Crippen molar-refractivity contribution in [3.05, 3.63) is 72.8 Å². The molecule has 0 spiro atoms. The van der Waals surface area contributed by atoms with Crippen LogP contribution in [0.25, 0.3) is 0 Å². The van der Waals surface area contributed by atoms with E-state index in [1.807, 2.05) is 100 Å². The van der Waals surface area contributed by atoms with Crippen molar-refractivity contribution in [2.75, 3.05) is 0 Å². The molecule has 0 heteroatoms. The molecular weight excluding hydrogens is 360 g/mol. The van der Waals surface area contributed by atoms with Crippen molar-refractivity contribution in [3.63, 3.8) is 0 Å². The van der Waals surface area contributed by atoms with E-state index in [0.717, 1.165) is 0 Å². The molecule has 0 atom stereocenters. The smallest absolute Gasteiger partial charge is 0.0411 e. The van der Waals surface area contributed by atoms with Crippen molar-refractivity contribution in [2.45, 2.75) is 111 Å². The zero-order valence-electron chi connectivity index (χ0n) is 22.6. The average Bonchev–Trinajstić information content (AvgIpc) is 2.66. The van der Waals surface area contributed by atoms with Gasteiger partial charge in [-0.2, -0.15) is 0 Å². The molecule has 2 rings (SSSR count). The highest BCUT2D eigenvalue weighted by Crippen LogP contribution is 2.08. The van der Waals surface area contributed by atoms with Crippen LogP contribution in [0.2, 0.25) is 0 Å². The average molecular weight is 421 g/mol. The molecular formula is C30H60. The van der Waals surface area contributed by atoms with Gasteiger partial charge in [-0.3, -0.25) is 0 Å². The number of hydrogen-bond acceptors (Lipinski definition) is 0. The van der Waals surface area contributed by atoms with E-state index < -0.39 is 0 Å². The summed E-state index contributed by atoms with van der Waals surface area (Å²) in [6, 6.07) is 24.0. The van der Waals surface area contributed by atoms with Crippen molar-refractivity contribution in [1.29, 1.82) is 0 Å². The van der Waals surface area contributed by atoms with Crippen LogP contribution in [0, 0.1) is 10.8 Å². The molecule has 0 radical (unpaired) electrons. The third kappa shape index (κ3) is 157. The van der Waals surface area contributed by atoms with Crippen LogP contribution in [0.3, 0.4) is 0 Å². The SMILES string of the molecule is C.CC.CC.CC(C)(C)C.CC(C)(C)C.CCC.c1ccccc1.c1ccccc1. The normalized spacial score (nSPS) is 8.20. The number of benzene rings is 2. The molecule has 2 aromatic rings. The van der Waals surface area contributed by atoms with E-state index in [-0.39, 0.29) is 7.43 Å². The highest BCUT2D eigenvalue weighted by atomic mass is 14.0. The van der Waals surface area contributed by atoms with Crippen LogP contribution in [-0.2, 0) is 0 Å². The molecule has 0 N–H and O–H groups in total. The maximum absolute atomic E-state index is 2.19. The van der Waals surface area contributed by atoms with Crippen molar-refractivity contribution in [3.8, 4) is 0 Å². The lowest BCUT2D eigenvalue weighted by Crippen LogP contribution is -1.93. The molecule has 180 valence electrons. The van der Waals surface area contributed by atoms with Crippen LogP contribution in [0.15, 0.2) is 72.8 Å². The Morgan fingerprint density at radius 1 is 0.367 bits per heavy atom. The topological polar surface area (TPSA) is 0 Å². The molecule has 0 nitrogen and oxygen atoms in total. The van der Waals surface area contributed by atoms with Gasteiger partial charge in [0.15, 0.2) is 0 Å². The maximum atomic E-state index is 2.19. The van der Waals surface area contributed by atoms with E-state index in [9.17, 15) is 0 Å². The molecule has 2 aromatic carbocycles. The van der Waals surface area contributed by atoms with E-state index in [1.54, 1.807) is 0 Å². The van der Waals surface area contributed by atoms with E-state index in [2.05, 4.69) is 69.2 Å². The molecule has 30 heavy (non-hydrogen) atoms. The van der Waals surface area contributed by atoms with Gasteiger partial charge in [0.25, 0.3) is 0 Å². The van der Waals surface area contributed by atoms with Gasteiger partial charge in [-0.1, -0.05) is 184 Å². The Morgan fingerprint density at radius 3 is 0.433 bits per heavy atom. The highest BCUT2D eigenvalue weighted by molar-refractivity contribution is 4.99. The van der Waals surface area contributed by atoms with Gasteiger partial charge < -0.3 is 0 Å². The van der Waals surface area contributed by atoms with Gasteiger partial charge in [-0.25, -0.2) is 0 Å². The predicted octanol–water partition coefficient (Wildman–Crippen LogP) is 11.6. The molecule has 0 aliphatic heterocycles. The summed E-state index contributed by atoms with van der Waals surface area (Å²) in [6.07, 6.45) is 1.25. The summed E-state index contributed by atoms with van der Waals surface area (Å²) >= 11 is 0. The largest absolute Gasteiger partial charge is 0.0776 e. The predicted molar refractivity (Wildman–Crippen MR) is 149 cm³/mol. The quantitative estimate of drug-likeness (QED) is 0.397. The fourth-order valence-electron chi connectivity index (χ4n) is 0.770. The third-order valence-corrected chi connectivity index (χ3v) is 1.33. The monoisotopic (exact) mass is 420 g/mol. The molecule has 0 amide bonds. The fourth-order valence-corrected chi connectivity index (χ4v) is 0.770. The minimum Gasteiger partial charge on any atom is -0.0776 e. The van der Waals surface area contributed by atoms with Gasteiger partial charge >= 0.3 is 0 Å². The van der Waals surface area contributed by atoms with Gasteiger partial charge in [0.2, 0.25) is 0 Å². The summed E-state index contributed by atoms with van der Waals surface area (Å²) in [5.74, 6) is 0. The summed E-state index contributed by atoms with van der Waals surface area (Å²) in [5.41, 5.74) is 1.00. The van der Waals surface area contributed by atoms with Crippen molar-refractivity contribution >= 4 is 0 Å². The maximum Gasteiger partial charge on any atom is -0.0411 e. The first kappa shape index (κ1) is 42.5. The Balaban J connectivity index is -0.0000000579. The Bertz CT molecular complexity index is 306. The Labute approximate surface area is 194 Å².